The summed E-state index contributed by atoms with van der Waals surface area (Å²) in [6.45, 7) is 0.379. The molecule has 3 aromatic rings. The first-order valence-electron chi connectivity index (χ1n) is 10.4. The number of hydrogen-bond acceptors (Lipinski definition) is 8. The number of hydrogen-bond donors (Lipinski definition) is 1. The second-order valence-corrected chi connectivity index (χ2v) is 9.31. The molecule has 2 aromatic carbocycles. The Labute approximate surface area is 204 Å². The molecule has 10 nitrogen and oxygen atoms in total. The molecule has 12 heteroatoms. The Morgan fingerprint density at radius 1 is 1.21 bits per heavy atom. The van der Waals surface area contributed by atoms with Crippen LogP contribution in [0.2, 0.25) is 5.02 Å². The van der Waals surface area contributed by atoms with Crippen LogP contribution in [0.5, 0.6) is 0 Å². The molecule has 1 N–H and O–H groups in total. The Bertz CT molecular complexity index is 1250. The molecule has 1 aliphatic rings. The number of nitrogens with zero attached hydrogens (tertiary/aromatic N) is 5. The first-order valence-corrected chi connectivity index (χ1v) is 11.6. The average molecular weight is 501 g/mol. The zero-order chi connectivity index (χ0) is 24.4. The van der Waals surface area contributed by atoms with Crippen LogP contribution in [0.1, 0.15) is 23.2 Å². The smallest absolute Gasteiger partial charge is 0.270 e. The lowest BCUT2D eigenvalue weighted by Crippen LogP contribution is -2.43. The van der Waals surface area contributed by atoms with E-state index in [1.165, 1.54) is 28.4 Å². The maximum Gasteiger partial charge on any atom is 0.270 e. The van der Waals surface area contributed by atoms with E-state index in [0.29, 0.717) is 29.5 Å². The van der Waals surface area contributed by atoms with Gasteiger partial charge in [0.2, 0.25) is 11.0 Å². The van der Waals surface area contributed by atoms with Gasteiger partial charge in [-0.05, 0) is 43.2 Å². The second-order valence-electron chi connectivity index (χ2n) is 7.92. The van der Waals surface area contributed by atoms with Crippen LogP contribution < -0.4 is 10.2 Å². The predicted molar refractivity (Wildman–Crippen MR) is 130 cm³/mol. The highest BCUT2D eigenvalue weighted by molar-refractivity contribution is 7.18. The van der Waals surface area contributed by atoms with Gasteiger partial charge < -0.3 is 9.80 Å². The molecule has 0 aliphatic carbocycles. The Kier molecular flexibility index (Phi) is 6.75. The van der Waals surface area contributed by atoms with E-state index in [2.05, 4.69) is 15.5 Å². The van der Waals surface area contributed by atoms with Gasteiger partial charge >= 0.3 is 0 Å². The highest BCUT2D eigenvalue weighted by Gasteiger charge is 2.36. The lowest BCUT2D eigenvalue weighted by Gasteiger charge is -2.24. The minimum Gasteiger partial charge on any atom is -0.378 e. The van der Waals surface area contributed by atoms with Crippen molar-refractivity contribution < 1.29 is 14.5 Å². The molecule has 0 bridgehead atoms. The summed E-state index contributed by atoms with van der Waals surface area (Å²) in [7, 11) is 3.92. The van der Waals surface area contributed by atoms with Crippen LogP contribution in [0, 0.1) is 10.1 Å². The number of rotatable bonds is 6. The molecule has 1 atom stereocenters. The fourth-order valence-electron chi connectivity index (χ4n) is 3.71. The fourth-order valence-corrected chi connectivity index (χ4v) is 4.72. The van der Waals surface area contributed by atoms with Crippen molar-refractivity contribution in [2.75, 3.05) is 30.9 Å². The highest BCUT2D eigenvalue weighted by atomic mass is 35.5. The molecular weight excluding hydrogens is 480 g/mol. The predicted octanol–water partition coefficient (Wildman–Crippen LogP) is 4.08. The van der Waals surface area contributed by atoms with Crippen LogP contribution in [0.4, 0.5) is 16.5 Å². The van der Waals surface area contributed by atoms with E-state index in [-0.39, 0.29) is 22.2 Å². The van der Waals surface area contributed by atoms with Gasteiger partial charge in [0.15, 0.2) is 0 Å². The molecule has 1 fully saturated rings. The van der Waals surface area contributed by atoms with Crippen LogP contribution in [0.3, 0.4) is 0 Å². The zero-order valence-corrected chi connectivity index (χ0v) is 20.0. The number of carbonyl (C=O) groups excluding carboxylic acids is 2. The van der Waals surface area contributed by atoms with Crippen LogP contribution in [-0.2, 0) is 4.79 Å². The largest absolute Gasteiger partial charge is 0.378 e. The molecule has 0 radical (unpaired) electrons. The van der Waals surface area contributed by atoms with Crippen molar-refractivity contribution in [1.29, 1.82) is 0 Å². The third-order valence-electron chi connectivity index (χ3n) is 5.50. The van der Waals surface area contributed by atoms with Crippen molar-refractivity contribution >= 4 is 51.3 Å². The Morgan fingerprint density at radius 2 is 1.94 bits per heavy atom. The van der Waals surface area contributed by atoms with E-state index in [4.69, 9.17) is 11.6 Å². The normalized spacial score (nSPS) is 15.3. The number of carbonyl (C=O) groups is 2. The molecule has 2 heterocycles. The highest BCUT2D eigenvalue weighted by Crippen LogP contribution is 2.30. The van der Waals surface area contributed by atoms with Gasteiger partial charge in [-0.25, -0.2) is 0 Å². The first kappa shape index (κ1) is 23.6. The quantitative estimate of drug-likeness (QED) is 0.399. The molecule has 0 unspecified atom stereocenters. The van der Waals surface area contributed by atoms with Gasteiger partial charge in [-0.15, -0.1) is 10.2 Å². The van der Waals surface area contributed by atoms with Gasteiger partial charge in [-0.3, -0.25) is 25.0 Å². The van der Waals surface area contributed by atoms with Crippen LogP contribution in [-0.4, -0.2) is 58.5 Å². The number of benzene rings is 2. The molecule has 34 heavy (non-hydrogen) atoms. The topological polar surface area (TPSA) is 122 Å². The molecule has 2 amide bonds. The minimum atomic E-state index is -0.703. The summed E-state index contributed by atoms with van der Waals surface area (Å²) < 4.78 is 0. The van der Waals surface area contributed by atoms with E-state index in [0.717, 1.165) is 17.3 Å². The number of nitrogens with one attached hydrogen (secondary N) is 1. The number of nitro groups is 1. The first-order chi connectivity index (χ1) is 16.2. The number of non-ortho nitro benzene ring substituents is 1. The summed E-state index contributed by atoms with van der Waals surface area (Å²) in [6.07, 6.45) is 1.13. The lowest BCUT2D eigenvalue weighted by atomic mass is 10.1. The van der Waals surface area contributed by atoms with Crippen LogP contribution >= 0.6 is 22.9 Å². The lowest BCUT2D eigenvalue weighted by molar-refractivity contribution is -0.384. The standard InChI is InChI=1S/C22H21ClN6O4S/c1-27(2)14-7-5-13(6-8-14)20-25-26-22(34-20)24-19(30)18-4-3-11-28(18)21(31)16-10-9-15(29(32)33)12-17(16)23/h5-10,12,18H,3-4,11H2,1-2H3,(H,24,26,30)/t18-/m1/s1. The number of aromatic nitrogens is 2. The number of halogens is 1. The van der Waals surface area contributed by atoms with Gasteiger partial charge in [0.05, 0.1) is 15.5 Å². The van der Waals surface area contributed by atoms with E-state index in [9.17, 15) is 19.7 Å². The van der Waals surface area contributed by atoms with E-state index in [1.54, 1.807) is 0 Å². The van der Waals surface area contributed by atoms with Gasteiger partial charge in [-0.1, -0.05) is 22.9 Å². The van der Waals surface area contributed by atoms with Crippen molar-refractivity contribution in [3.8, 4) is 10.6 Å². The molecule has 0 saturated carbocycles. The third-order valence-corrected chi connectivity index (χ3v) is 6.70. The van der Waals surface area contributed by atoms with Crippen molar-refractivity contribution in [2.24, 2.45) is 0 Å². The van der Waals surface area contributed by atoms with Crippen molar-refractivity contribution in [2.45, 2.75) is 18.9 Å². The van der Waals surface area contributed by atoms with Crippen LogP contribution in [0.15, 0.2) is 42.5 Å². The Balaban J connectivity index is 1.46. The molecule has 4 rings (SSSR count). The molecule has 1 aliphatic heterocycles. The molecule has 1 saturated heterocycles. The van der Waals surface area contributed by atoms with Gasteiger partial charge in [0.25, 0.3) is 11.6 Å². The minimum absolute atomic E-state index is 0.0284. The Morgan fingerprint density at radius 3 is 2.59 bits per heavy atom. The number of anilines is 2. The second kappa shape index (κ2) is 9.74. The number of nitro benzene ring substituents is 1. The molecule has 176 valence electrons. The molecule has 1 aromatic heterocycles. The molecular formula is C22H21ClN6O4S. The summed E-state index contributed by atoms with van der Waals surface area (Å²) in [5.41, 5.74) is 1.85. The van der Waals surface area contributed by atoms with Crippen molar-refractivity contribution in [3.63, 3.8) is 0 Å². The summed E-state index contributed by atoms with van der Waals surface area (Å²) >= 11 is 7.36. The van der Waals surface area contributed by atoms with Gasteiger partial charge in [-0.2, -0.15) is 0 Å². The zero-order valence-electron chi connectivity index (χ0n) is 18.4. The summed E-state index contributed by atoms with van der Waals surface area (Å²) in [4.78, 5) is 39.8. The van der Waals surface area contributed by atoms with E-state index >= 15 is 0 Å². The Hall–Kier alpha value is -3.57. The van der Waals surface area contributed by atoms with Gasteiger partial charge in [0.1, 0.15) is 11.0 Å². The van der Waals surface area contributed by atoms with E-state index in [1.807, 2.05) is 43.3 Å². The number of amides is 2. The van der Waals surface area contributed by atoms with Crippen LogP contribution in [0.25, 0.3) is 10.6 Å². The third kappa shape index (κ3) is 4.85. The SMILES string of the molecule is CN(C)c1ccc(-c2nnc(NC(=O)[C@H]3CCCN3C(=O)c3ccc([N+](=O)[O-])cc3Cl)s2)cc1. The van der Waals surface area contributed by atoms with E-state index < -0.39 is 16.9 Å². The fraction of sp³-hybridized carbons (Fsp3) is 0.273. The summed E-state index contributed by atoms with van der Waals surface area (Å²) in [5.74, 6) is -0.814. The van der Waals surface area contributed by atoms with Crippen molar-refractivity contribution in [1.82, 2.24) is 15.1 Å². The van der Waals surface area contributed by atoms with Gasteiger partial charge in [0, 0.05) is 44.0 Å². The number of likely N-dealkylation sites (tertiary alicyclic amines) is 1. The average Bonchev–Trinajstić information content (AvgIpc) is 3.48. The molecule has 0 spiro atoms. The monoisotopic (exact) mass is 500 g/mol. The summed E-state index contributed by atoms with van der Waals surface area (Å²) in [6, 6.07) is 10.8. The maximum absolute atomic E-state index is 13.0. The maximum atomic E-state index is 13.0. The van der Waals surface area contributed by atoms with Crippen molar-refractivity contribution in [3.05, 3.63) is 63.2 Å². The summed E-state index contributed by atoms with van der Waals surface area (Å²) in [5, 5.41) is 22.9.